The molecule has 0 heterocycles. The molecule has 1 aromatic carbocycles. The first kappa shape index (κ1) is 14.1. The molecule has 1 aromatic rings. The number of hydrogen-bond acceptors (Lipinski definition) is 5. The van der Waals surface area contributed by atoms with Gasteiger partial charge in [0.05, 0.1) is 13.7 Å². The molecule has 0 bridgehead atoms. The predicted molar refractivity (Wildman–Crippen MR) is 64.4 cm³/mol. The van der Waals surface area contributed by atoms with Crippen LogP contribution in [0.25, 0.3) is 0 Å². The summed E-state index contributed by atoms with van der Waals surface area (Å²) in [5, 5.41) is 11.7. The van der Waals surface area contributed by atoms with Crippen molar-refractivity contribution in [3.63, 3.8) is 0 Å². The number of esters is 1. The molecule has 6 nitrogen and oxygen atoms in total. The Morgan fingerprint density at radius 3 is 2.56 bits per heavy atom. The standard InChI is InChI=1S/C12H16N2O4/c1-18-12(17)9(15)7-14-11(16)10(13)8-5-3-2-4-6-8/h2-6,9-10,15H,7,13H2,1H3,(H,14,16)/t9?,10-/m0/s1. The van der Waals surface area contributed by atoms with Gasteiger partial charge in [-0.25, -0.2) is 4.79 Å². The SMILES string of the molecule is COC(=O)C(O)CNC(=O)[C@@H](N)c1ccccc1. The zero-order valence-electron chi connectivity index (χ0n) is 10.00. The minimum atomic E-state index is -1.39. The Kier molecular flexibility index (Phi) is 5.29. The van der Waals surface area contributed by atoms with Crippen molar-refractivity contribution < 1.29 is 19.4 Å². The molecule has 98 valence electrons. The lowest BCUT2D eigenvalue weighted by Crippen LogP contribution is -2.41. The van der Waals surface area contributed by atoms with E-state index in [4.69, 9.17) is 5.73 Å². The molecule has 1 rings (SSSR count). The van der Waals surface area contributed by atoms with Crippen molar-refractivity contribution in [2.24, 2.45) is 5.73 Å². The van der Waals surface area contributed by atoms with Gasteiger partial charge < -0.3 is 20.9 Å². The van der Waals surface area contributed by atoms with Crippen molar-refractivity contribution in [3.05, 3.63) is 35.9 Å². The van der Waals surface area contributed by atoms with Crippen LogP contribution < -0.4 is 11.1 Å². The Bertz CT molecular complexity index is 408. The highest BCUT2D eigenvalue weighted by molar-refractivity contribution is 5.83. The number of aliphatic hydroxyl groups excluding tert-OH is 1. The maximum atomic E-state index is 11.7. The molecule has 1 unspecified atom stereocenters. The highest BCUT2D eigenvalue weighted by Crippen LogP contribution is 2.08. The number of methoxy groups -OCH3 is 1. The molecule has 0 saturated carbocycles. The molecule has 4 N–H and O–H groups in total. The average Bonchev–Trinajstić information content (AvgIpc) is 2.43. The van der Waals surface area contributed by atoms with Gasteiger partial charge in [0, 0.05) is 0 Å². The molecule has 0 aliphatic heterocycles. The number of carbonyl (C=O) groups excluding carboxylic acids is 2. The van der Waals surface area contributed by atoms with Crippen LogP contribution >= 0.6 is 0 Å². The number of aliphatic hydroxyl groups is 1. The minimum absolute atomic E-state index is 0.230. The van der Waals surface area contributed by atoms with E-state index in [0.717, 1.165) is 7.11 Å². The van der Waals surface area contributed by atoms with Gasteiger partial charge in [-0.2, -0.15) is 0 Å². The van der Waals surface area contributed by atoms with E-state index >= 15 is 0 Å². The molecule has 0 aliphatic rings. The van der Waals surface area contributed by atoms with Gasteiger partial charge in [0.1, 0.15) is 6.04 Å². The van der Waals surface area contributed by atoms with Gasteiger partial charge in [-0.3, -0.25) is 4.79 Å². The first-order valence-electron chi connectivity index (χ1n) is 5.40. The quantitative estimate of drug-likeness (QED) is 0.604. The van der Waals surface area contributed by atoms with Crippen LogP contribution in [0.3, 0.4) is 0 Å². The van der Waals surface area contributed by atoms with E-state index in [0.29, 0.717) is 5.56 Å². The molecule has 6 heteroatoms. The van der Waals surface area contributed by atoms with Gasteiger partial charge in [-0.15, -0.1) is 0 Å². The fourth-order valence-corrected chi connectivity index (χ4v) is 1.34. The van der Waals surface area contributed by atoms with Crippen LogP contribution in [0.2, 0.25) is 0 Å². The Morgan fingerprint density at radius 1 is 1.39 bits per heavy atom. The molecular weight excluding hydrogens is 236 g/mol. The van der Waals surface area contributed by atoms with Crippen LogP contribution in [0.4, 0.5) is 0 Å². The van der Waals surface area contributed by atoms with Crippen LogP contribution in [0.15, 0.2) is 30.3 Å². The summed E-state index contributed by atoms with van der Waals surface area (Å²) in [6, 6.07) is 7.96. The lowest BCUT2D eigenvalue weighted by molar-refractivity contribution is -0.150. The van der Waals surface area contributed by atoms with Crippen LogP contribution in [0.5, 0.6) is 0 Å². The normalized spacial score (nSPS) is 13.5. The van der Waals surface area contributed by atoms with Gasteiger partial charge in [-0.05, 0) is 5.56 Å². The molecule has 2 atom stereocenters. The summed E-state index contributed by atoms with van der Waals surface area (Å²) in [6.45, 7) is -0.230. The maximum Gasteiger partial charge on any atom is 0.336 e. The summed E-state index contributed by atoms with van der Waals surface area (Å²) in [7, 11) is 1.16. The van der Waals surface area contributed by atoms with Crippen molar-refractivity contribution in [1.82, 2.24) is 5.32 Å². The zero-order valence-corrected chi connectivity index (χ0v) is 10.00. The number of benzene rings is 1. The third kappa shape index (κ3) is 3.83. The maximum absolute atomic E-state index is 11.7. The van der Waals surface area contributed by atoms with Crippen LogP contribution in [0, 0.1) is 0 Å². The second-order valence-electron chi connectivity index (χ2n) is 3.67. The van der Waals surface area contributed by atoms with Crippen molar-refractivity contribution in [3.8, 4) is 0 Å². The van der Waals surface area contributed by atoms with E-state index < -0.39 is 24.0 Å². The molecule has 0 fully saturated rings. The minimum Gasteiger partial charge on any atom is -0.467 e. The van der Waals surface area contributed by atoms with Gasteiger partial charge >= 0.3 is 5.97 Å². The first-order valence-corrected chi connectivity index (χ1v) is 5.40. The molecule has 1 amide bonds. The van der Waals surface area contributed by atoms with Gasteiger partial charge in [0.25, 0.3) is 0 Å². The first-order chi connectivity index (χ1) is 8.56. The zero-order chi connectivity index (χ0) is 13.5. The summed E-state index contributed by atoms with van der Waals surface area (Å²) in [5.74, 6) is -1.27. The summed E-state index contributed by atoms with van der Waals surface area (Å²) >= 11 is 0. The highest BCUT2D eigenvalue weighted by Gasteiger charge is 2.19. The highest BCUT2D eigenvalue weighted by atomic mass is 16.5. The van der Waals surface area contributed by atoms with E-state index in [9.17, 15) is 14.7 Å². The summed E-state index contributed by atoms with van der Waals surface area (Å²) in [5.41, 5.74) is 6.38. The van der Waals surface area contributed by atoms with E-state index in [1.807, 2.05) is 6.07 Å². The van der Waals surface area contributed by atoms with Gasteiger partial charge in [0.15, 0.2) is 6.10 Å². The molecule has 0 saturated heterocycles. The average molecular weight is 252 g/mol. The predicted octanol–water partition coefficient (Wildman–Crippen LogP) is -0.663. The number of hydrogen-bond donors (Lipinski definition) is 3. The molecule has 0 radical (unpaired) electrons. The monoisotopic (exact) mass is 252 g/mol. The lowest BCUT2D eigenvalue weighted by Gasteiger charge is -2.14. The van der Waals surface area contributed by atoms with Gasteiger partial charge in [0.2, 0.25) is 5.91 Å². The van der Waals surface area contributed by atoms with Crippen LogP contribution in [0.1, 0.15) is 11.6 Å². The number of nitrogens with two attached hydrogens (primary N) is 1. The fraction of sp³-hybridized carbons (Fsp3) is 0.333. The summed E-state index contributed by atoms with van der Waals surface area (Å²) in [4.78, 5) is 22.6. The van der Waals surface area contributed by atoms with Crippen molar-refractivity contribution in [2.45, 2.75) is 12.1 Å². The second kappa shape index (κ2) is 6.73. The third-order valence-corrected chi connectivity index (χ3v) is 2.38. The van der Waals surface area contributed by atoms with Crippen molar-refractivity contribution in [2.75, 3.05) is 13.7 Å². The third-order valence-electron chi connectivity index (χ3n) is 2.38. The summed E-state index contributed by atoms with van der Waals surface area (Å²) < 4.78 is 4.32. The van der Waals surface area contributed by atoms with E-state index in [2.05, 4.69) is 10.1 Å². The number of ether oxygens (including phenoxy) is 1. The summed E-state index contributed by atoms with van der Waals surface area (Å²) in [6.07, 6.45) is -1.39. The Labute approximate surface area is 105 Å². The molecule has 0 aliphatic carbocycles. The topological polar surface area (TPSA) is 102 Å². The number of nitrogens with one attached hydrogen (secondary N) is 1. The lowest BCUT2D eigenvalue weighted by atomic mass is 10.1. The largest absolute Gasteiger partial charge is 0.467 e. The van der Waals surface area contributed by atoms with E-state index in [1.165, 1.54) is 0 Å². The van der Waals surface area contributed by atoms with Crippen molar-refractivity contribution in [1.29, 1.82) is 0 Å². The Balaban J connectivity index is 2.49. The Morgan fingerprint density at radius 2 is 2.00 bits per heavy atom. The molecule has 0 spiro atoms. The van der Waals surface area contributed by atoms with Crippen molar-refractivity contribution >= 4 is 11.9 Å². The second-order valence-corrected chi connectivity index (χ2v) is 3.67. The number of carbonyl (C=O) groups is 2. The Hall–Kier alpha value is -1.92. The van der Waals surface area contributed by atoms with E-state index in [1.54, 1.807) is 24.3 Å². The molecular formula is C12H16N2O4. The fourth-order valence-electron chi connectivity index (χ4n) is 1.34. The number of amides is 1. The number of rotatable bonds is 5. The van der Waals surface area contributed by atoms with Gasteiger partial charge in [-0.1, -0.05) is 30.3 Å². The van der Waals surface area contributed by atoms with E-state index in [-0.39, 0.29) is 6.54 Å². The smallest absolute Gasteiger partial charge is 0.336 e. The molecule has 18 heavy (non-hydrogen) atoms. The van der Waals surface area contributed by atoms with Crippen LogP contribution in [-0.2, 0) is 14.3 Å². The van der Waals surface area contributed by atoms with Crippen LogP contribution in [-0.4, -0.2) is 36.7 Å². The molecule has 0 aromatic heterocycles.